The Kier molecular flexibility index (Phi) is 6.28. The second-order valence-electron chi connectivity index (χ2n) is 8.62. The number of benzene rings is 1. The zero-order chi connectivity index (χ0) is 23.7. The van der Waals surface area contributed by atoms with Gasteiger partial charge in [0.2, 0.25) is 5.17 Å². The first-order chi connectivity index (χ1) is 16.5. The lowest BCUT2D eigenvalue weighted by Gasteiger charge is -2.20. The van der Waals surface area contributed by atoms with Crippen LogP contribution in [0, 0.1) is 19.3 Å². The van der Waals surface area contributed by atoms with Crippen molar-refractivity contribution in [1.82, 2.24) is 14.5 Å². The molecule has 0 radical (unpaired) electrons. The number of nitrogens with zero attached hydrogens (tertiary/aromatic N) is 5. The highest BCUT2D eigenvalue weighted by atomic mass is 32.2. The molecule has 0 aliphatic carbocycles. The number of carbonyl (C=O) groups excluding carboxylic acids is 1. The molecule has 1 amide bonds. The number of nitrogens with one attached hydrogen (secondary N) is 1. The van der Waals surface area contributed by atoms with Gasteiger partial charge < -0.3 is 14.2 Å². The SMILES string of the molecule is Cc1cccc(OCCCn2cccc2/C=C2\C(=N)N3N=C(N4CCCC4)SC3=NC2=O)c1C. The summed E-state index contributed by atoms with van der Waals surface area (Å²) < 4.78 is 8.04. The second-order valence-corrected chi connectivity index (χ2v) is 9.56. The van der Waals surface area contributed by atoms with E-state index in [4.69, 9.17) is 10.1 Å². The molecule has 8 nitrogen and oxygen atoms in total. The maximum atomic E-state index is 12.8. The maximum Gasteiger partial charge on any atom is 0.283 e. The molecule has 0 atom stereocenters. The average molecular weight is 477 g/mol. The van der Waals surface area contributed by atoms with Gasteiger partial charge in [-0.2, -0.15) is 10.0 Å². The summed E-state index contributed by atoms with van der Waals surface area (Å²) in [5.74, 6) is 0.595. The largest absolute Gasteiger partial charge is 0.493 e. The molecule has 9 heteroatoms. The summed E-state index contributed by atoms with van der Waals surface area (Å²) in [6, 6.07) is 9.97. The predicted molar refractivity (Wildman–Crippen MR) is 136 cm³/mol. The molecule has 3 aliphatic rings. The molecular formula is C25H28N6O2S. The molecule has 3 aliphatic heterocycles. The van der Waals surface area contributed by atoms with Crippen LogP contribution >= 0.6 is 11.8 Å². The topological polar surface area (TPSA) is 86.3 Å². The lowest BCUT2D eigenvalue weighted by molar-refractivity contribution is -0.114. The van der Waals surface area contributed by atoms with Crippen molar-refractivity contribution >= 4 is 39.9 Å². The first kappa shape index (κ1) is 22.5. The highest BCUT2D eigenvalue weighted by molar-refractivity contribution is 8.26. The van der Waals surface area contributed by atoms with E-state index in [-0.39, 0.29) is 11.4 Å². The summed E-state index contributed by atoms with van der Waals surface area (Å²) in [5, 5.41) is 16.0. The Morgan fingerprint density at radius 1 is 1.15 bits per heavy atom. The van der Waals surface area contributed by atoms with Crippen molar-refractivity contribution in [1.29, 1.82) is 5.41 Å². The van der Waals surface area contributed by atoms with Gasteiger partial charge in [0.05, 0.1) is 12.2 Å². The Labute approximate surface area is 203 Å². The zero-order valence-corrected chi connectivity index (χ0v) is 20.3. The molecule has 0 spiro atoms. The molecule has 1 N–H and O–H groups in total. The molecule has 176 valence electrons. The minimum atomic E-state index is -0.396. The van der Waals surface area contributed by atoms with E-state index >= 15 is 0 Å². The number of aliphatic imine (C=N–C) groups is 1. The van der Waals surface area contributed by atoms with E-state index < -0.39 is 5.91 Å². The highest BCUT2D eigenvalue weighted by Gasteiger charge is 2.37. The van der Waals surface area contributed by atoms with Crippen LogP contribution in [0.1, 0.15) is 36.1 Å². The third-order valence-electron chi connectivity index (χ3n) is 6.33. The molecule has 0 bridgehead atoms. The predicted octanol–water partition coefficient (Wildman–Crippen LogP) is 4.25. The Morgan fingerprint density at radius 3 is 2.79 bits per heavy atom. The van der Waals surface area contributed by atoms with Crippen molar-refractivity contribution in [2.24, 2.45) is 10.1 Å². The molecule has 1 fully saturated rings. The summed E-state index contributed by atoms with van der Waals surface area (Å²) in [4.78, 5) is 19.2. The van der Waals surface area contributed by atoms with E-state index in [2.05, 4.69) is 39.5 Å². The van der Waals surface area contributed by atoms with Gasteiger partial charge in [0.1, 0.15) is 5.75 Å². The molecule has 1 aromatic carbocycles. The van der Waals surface area contributed by atoms with Crippen LogP contribution in [0.5, 0.6) is 5.75 Å². The van der Waals surface area contributed by atoms with E-state index in [1.165, 1.54) is 27.9 Å². The maximum absolute atomic E-state index is 12.8. The number of aryl methyl sites for hydroxylation is 2. The first-order valence-electron chi connectivity index (χ1n) is 11.6. The molecule has 0 unspecified atom stereocenters. The van der Waals surface area contributed by atoms with Crippen LogP contribution in [0.25, 0.3) is 6.08 Å². The Morgan fingerprint density at radius 2 is 1.97 bits per heavy atom. The normalized spacial score (nSPS) is 19.1. The van der Waals surface area contributed by atoms with E-state index in [1.807, 2.05) is 30.5 Å². The van der Waals surface area contributed by atoms with Gasteiger partial charge in [0.15, 0.2) is 11.0 Å². The number of aromatic nitrogens is 1. The van der Waals surface area contributed by atoms with Crippen LogP contribution in [-0.2, 0) is 11.3 Å². The van der Waals surface area contributed by atoms with Crippen molar-refractivity contribution in [3.05, 3.63) is 58.9 Å². The number of thioether (sulfide) groups is 1. The number of carbonyl (C=O) groups is 1. The quantitative estimate of drug-likeness (QED) is 0.498. The van der Waals surface area contributed by atoms with Crippen LogP contribution < -0.4 is 4.74 Å². The Hall–Kier alpha value is -3.33. The van der Waals surface area contributed by atoms with Crippen molar-refractivity contribution in [3.8, 4) is 5.75 Å². The lowest BCUT2D eigenvalue weighted by Crippen LogP contribution is -2.35. The number of rotatable bonds is 6. The monoisotopic (exact) mass is 476 g/mol. The molecular weight excluding hydrogens is 448 g/mol. The Balaban J connectivity index is 1.26. The van der Waals surface area contributed by atoms with E-state index in [1.54, 1.807) is 6.08 Å². The van der Waals surface area contributed by atoms with E-state index in [0.717, 1.165) is 55.5 Å². The highest BCUT2D eigenvalue weighted by Crippen LogP contribution is 2.31. The van der Waals surface area contributed by atoms with Gasteiger partial charge in [-0.05, 0) is 80.3 Å². The van der Waals surface area contributed by atoms with Gasteiger partial charge in [0.25, 0.3) is 5.91 Å². The lowest BCUT2D eigenvalue weighted by atomic mass is 10.1. The summed E-state index contributed by atoms with van der Waals surface area (Å²) in [7, 11) is 0. The molecule has 2 aromatic rings. The third-order valence-corrected chi connectivity index (χ3v) is 7.30. The molecule has 34 heavy (non-hydrogen) atoms. The third kappa shape index (κ3) is 4.40. The van der Waals surface area contributed by atoms with Crippen molar-refractivity contribution in [2.45, 2.75) is 39.7 Å². The number of hydrogen-bond donors (Lipinski definition) is 1. The van der Waals surface area contributed by atoms with Crippen LogP contribution in [0.4, 0.5) is 0 Å². The van der Waals surface area contributed by atoms with Crippen LogP contribution in [-0.4, -0.2) is 56.3 Å². The number of amidine groups is 3. The molecule has 1 aromatic heterocycles. The number of hydrogen-bond acceptors (Lipinski definition) is 6. The number of ether oxygens (including phenoxy) is 1. The Bertz CT molecular complexity index is 1220. The fraction of sp³-hybridized carbons (Fsp3) is 0.360. The fourth-order valence-corrected chi connectivity index (χ4v) is 5.17. The van der Waals surface area contributed by atoms with Crippen molar-refractivity contribution in [2.75, 3.05) is 19.7 Å². The smallest absolute Gasteiger partial charge is 0.283 e. The average Bonchev–Trinajstić information content (AvgIpc) is 3.58. The number of likely N-dealkylation sites (tertiary alicyclic amines) is 1. The van der Waals surface area contributed by atoms with Crippen LogP contribution in [0.3, 0.4) is 0 Å². The summed E-state index contributed by atoms with van der Waals surface area (Å²) in [5.41, 5.74) is 3.49. The van der Waals surface area contributed by atoms with Gasteiger partial charge in [-0.1, -0.05) is 12.1 Å². The summed E-state index contributed by atoms with van der Waals surface area (Å²) in [6.45, 7) is 7.40. The van der Waals surface area contributed by atoms with Crippen LogP contribution in [0.15, 0.2) is 52.2 Å². The van der Waals surface area contributed by atoms with Gasteiger partial charge in [-0.15, -0.1) is 5.10 Å². The van der Waals surface area contributed by atoms with Gasteiger partial charge in [0, 0.05) is 31.5 Å². The number of fused-ring (bicyclic) bond motifs is 1. The standard InChI is InChI=1S/C25H28N6O2S/c1-17-8-5-10-21(18(17)2)33-15-7-14-29-13-6-9-19(29)16-20-22(26)31-24(27-23(20)32)34-25(28-31)30-11-3-4-12-30/h5-6,8-10,13,16,26H,3-4,7,11-12,14-15H2,1-2H3/b20-16+,26-22?. The van der Waals surface area contributed by atoms with Crippen molar-refractivity contribution in [3.63, 3.8) is 0 Å². The van der Waals surface area contributed by atoms with Crippen molar-refractivity contribution < 1.29 is 9.53 Å². The zero-order valence-electron chi connectivity index (χ0n) is 19.5. The first-order valence-corrected chi connectivity index (χ1v) is 12.4. The number of amides is 1. The second kappa shape index (κ2) is 9.50. The minimum Gasteiger partial charge on any atom is -0.493 e. The van der Waals surface area contributed by atoms with Gasteiger partial charge >= 0.3 is 0 Å². The van der Waals surface area contributed by atoms with Gasteiger partial charge in [-0.25, -0.2) is 0 Å². The van der Waals surface area contributed by atoms with Crippen LogP contribution in [0.2, 0.25) is 0 Å². The van der Waals surface area contributed by atoms with E-state index in [9.17, 15) is 4.79 Å². The molecule has 0 saturated carbocycles. The summed E-state index contributed by atoms with van der Waals surface area (Å²) >= 11 is 1.37. The summed E-state index contributed by atoms with van der Waals surface area (Å²) in [6.07, 6.45) is 6.81. The number of hydrazone groups is 1. The molecule has 1 saturated heterocycles. The molecule has 5 rings (SSSR count). The van der Waals surface area contributed by atoms with Gasteiger partial charge in [-0.3, -0.25) is 10.2 Å². The fourth-order valence-electron chi connectivity index (χ4n) is 4.23. The molecule has 4 heterocycles. The van der Waals surface area contributed by atoms with E-state index in [0.29, 0.717) is 11.8 Å². The minimum absolute atomic E-state index is 0.0719.